The van der Waals surface area contributed by atoms with Crippen molar-refractivity contribution in [3.63, 3.8) is 0 Å². The molecule has 7 heteroatoms. The first-order valence-corrected chi connectivity index (χ1v) is 6.27. The summed E-state index contributed by atoms with van der Waals surface area (Å²) in [6.45, 7) is 1.85. The van der Waals surface area contributed by atoms with Gasteiger partial charge in [-0.2, -0.15) is 0 Å². The van der Waals surface area contributed by atoms with Gasteiger partial charge in [-0.3, -0.25) is 4.57 Å². The molecule has 0 unspecified atom stereocenters. The third-order valence-electron chi connectivity index (χ3n) is 2.78. The predicted octanol–water partition coefficient (Wildman–Crippen LogP) is 2.60. The molecule has 0 saturated carbocycles. The van der Waals surface area contributed by atoms with E-state index in [0.717, 1.165) is 0 Å². The monoisotopic (exact) mass is 297 g/mol. The molecule has 2 rings (SSSR count). The number of carbonyl (C=O) groups excluding carboxylic acids is 1. The lowest BCUT2D eigenvalue weighted by molar-refractivity contribution is 0.0596. The number of nitrogens with two attached hydrogens (primary N) is 1. The first kappa shape index (κ1) is 14.3. The standard InChI is InChI=1S/C13H13ClFN3O2/c1-3-10-17-11(13(19)20-2)12(16)18(10)9-5-7(14)4-8(15)6-9/h4-6H,3,16H2,1-2H3. The van der Waals surface area contributed by atoms with Gasteiger partial charge in [0.15, 0.2) is 5.69 Å². The van der Waals surface area contributed by atoms with E-state index in [1.54, 1.807) is 6.07 Å². The minimum absolute atomic E-state index is 0.00438. The van der Waals surface area contributed by atoms with Crippen LogP contribution in [0.1, 0.15) is 23.2 Å². The van der Waals surface area contributed by atoms with Crippen LogP contribution in [-0.2, 0) is 11.2 Å². The Kier molecular flexibility index (Phi) is 3.94. The second-order valence-corrected chi connectivity index (χ2v) is 4.51. The molecule has 20 heavy (non-hydrogen) atoms. The smallest absolute Gasteiger partial charge is 0.360 e. The van der Waals surface area contributed by atoms with Crippen molar-refractivity contribution >= 4 is 23.4 Å². The topological polar surface area (TPSA) is 70.1 Å². The predicted molar refractivity (Wildman–Crippen MR) is 73.7 cm³/mol. The average molecular weight is 298 g/mol. The van der Waals surface area contributed by atoms with E-state index in [1.165, 1.54) is 23.8 Å². The number of aromatic nitrogens is 2. The molecule has 0 aliphatic rings. The van der Waals surface area contributed by atoms with Crippen molar-refractivity contribution in [1.29, 1.82) is 0 Å². The van der Waals surface area contributed by atoms with E-state index >= 15 is 0 Å². The number of aryl methyl sites for hydroxylation is 1. The van der Waals surface area contributed by atoms with Gasteiger partial charge in [-0.25, -0.2) is 14.2 Å². The van der Waals surface area contributed by atoms with E-state index in [-0.39, 0.29) is 16.5 Å². The lowest BCUT2D eigenvalue weighted by Crippen LogP contribution is -2.08. The second-order valence-electron chi connectivity index (χ2n) is 4.07. The van der Waals surface area contributed by atoms with Crippen molar-refractivity contribution in [3.05, 3.63) is 40.6 Å². The number of nitrogen functional groups attached to an aromatic ring is 1. The molecular formula is C13H13ClFN3O2. The Hall–Kier alpha value is -2.08. The lowest BCUT2D eigenvalue weighted by atomic mass is 10.3. The number of esters is 1. The summed E-state index contributed by atoms with van der Waals surface area (Å²) in [7, 11) is 1.24. The van der Waals surface area contributed by atoms with Gasteiger partial charge in [0, 0.05) is 11.4 Å². The van der Waals surface area contributed by atoms with E-state index in [0.29, 0.717) is 17.9 Å². The van der Waals surface area contributed by atoms with E-state index in [2.05, 4.69) is 9.72 Å². The Morgan fingerprint density at radius 3 is 2.75 bits per heavy atom. The fraction of sp³-hybridized carbons (Fsp3) is 0.231. The highest BCUT2D eigenvalue weighted by Crippen LogP contribution is 2.25. The molecule has 0 aliphatic carbocycles. The van der Waals surface area contributed by atoms with Crippen molar-refractivity contribution in [2.24, 2.45) is 0 Å². The molecule has 0 radical (unpaired) electrons. The minimum Gasteiger partial charge on any atom is -0.464 e. The van der Waals surface area contributed by atoms with Gasteiger partial charge in [0.05, 0.1) is 12.8 Å². The van der Waals surface area contributed by atoms with Crippen LogP contribution in [0.3, 0.4) is 0 Å². The Balaban J connectivity index is 2.66. The van der Waals surface area contributed by atoms with Crippen LogP contribution in [0.15, 0.2) is 18.2 Å². The van der Waals surface area contributed by atoms with Crippen molar-refractivity contribution in [3.8, 4) is 5.69 Å². The van der Waals surface area contributed by atoms with E-state index in [9.17, 15) is 9.18 Å². The number of hydrogen-bond acceptors (Lipinski definition) is 4. The van der Waals surface area contributed by atoms with Gasteiger partial charge in [0.25, 0.3) is 0 Å². The van der Waals surface area contributed by atoms with Crippen molar-refractivity contribution in [1.82, 2.24) is 9.55 Å². The molecule has 106 valence electrons. The third-order valence-corrected chi connectivity index (χ3v) is 3.00. The van der Waals surface area contributed by atoms with Crippen molar-refractivity contribution < 1.29 is 13.9 Å². The first-order chi connectivity index (χ1) is 9.47. The number of rotatable bonds is 3. The summed E-state index contributed by atoms with van der Waals surface area (Å²) in [4.78, 5) is 15.7. The molecule has 0 aliphatic heterocycles. The Morgan fingerprint density at radius 1 is 1.50 bits per heavy atom. The zero-order valence-electron chi connectivity index (χ0n) is 11.0. The van der Waals surface area contributed by atoms with Crippen molar-refractivity contribution in [2.75, 3.05) is 12.8 Å². The van der Waals surface area contributed by atoms with Gasteiger partial charge >= 0.3 is 5.97 Å². The fourth-order valence-corrected chi connectivity index (χ4v) is 2.14. The van der Waals surface area contributed by atoms with Crippen LogP contribution in [-0.4, -0.2) is 22.6 Å². The summed E-state index contributed by atoms with van der Waals surface area (Å²) in [5.41, 5.74) is 6.34. The van der Waals surface area contributed by atoms with Crippen molar-refractivity contribution in [2.45, 2.75) is 13.3 Å². The van der Waals surface area contributed by atoms with E-state index in [4.69, 9.17) is 17.3 Å². The van der Waals surface area contributed by atoms with Crippen LogP contribution >= 0.6 is 11.6 Å². The molecule has 0 amide bonds. The number of ether oxygens (including phenoxy) is 1. The highest BCUT2D eigenvalue weighted by atomic mass is 35.5. The molecular weight excluding hydrogens is 285 g/mol. The van der Waals surface area contributed by atoms with Gasteiger partial charge in [-0.15, -0.1) is 0 Å². The summed E-state index contributed by atoms with van der Waals surface area (Å²) in [6.07, 6.45) is 0.509. The molecule has 1 heterocycles. The second kappa shape index (κ2) is 5.50. The highest BCUT2D eigenvalue weighted by molar-refractivity contribution is 6.30. The molecule has 5 nitrogen and oxygen atoms in total. The summed E-state index contributed by atoms with van der Waals surface area (Å²) < 4.78 is 19.6. The van der Waals surface area contributed by atoms with Crippen LogP contribution in [0.5, 0.6) is 0 Å². The summed E-state index contributed by atoms with van der Waals surface area (Å²) >= 11 is 5.84. The van der Waals surface area contributed by atoms with Gasteiger partial charge < -0.3 is 10.5 Å². The van der Waals surface area contributed by atoms with E-state index in [1.807, 2.05) is 6.92 Å². The minimum atomic E-state index is -0.640. The molecule has 1 aromatic heterocycles. The van der Waals surface area contributed by atoms with Gasteiger partial charge in [0.2, 0.25) is 0 Å². The number of methoxy groups -OCH3 is 1. The maximum absolute atomic E-state index is 13.5. The summed E-state index contributed by atoms with van der Waals surface area (Å²) in [5, 5.41) is 0.231. The molecule has 0 spiro atoms. The molecule has 0 atom stereocenters. The van der Waals surface area contributed by atoms with Crippen LogP contribution in [0.4, 0.5) is 10.2 Å². The quantitative estimate of drug-likeness (QED) is 0.884. The number of nitrogens with zero attached hydrogens (tertiary/aromatic N) is 2. The van der Waals surface area contributed by atoms with Crippen LogP contribution in [0.25, 0.3) is 5.69 Å². The number of halogens is 2. The molecule has 1 aromatic carbocycles. The Morgan fingerprint density at radius 2 is 2.20 bits per heavy atom. The van der Waals surface area contributed by atoms with Gasteiger partial charge in [-0.05, 0) is 18.2 Å². The zero-order valence-corrected chi connectivity index (χ0v) is 11.7. The largest absolute Gasteiger partial charge is 0.464 e. The summed E-state index contributed by atoms with van der Waals surface area (Å²) in [6, 6.07) is 4.00. The SMILES string of the molecule is CCc1nc(C(=O)OC)c(N)n1-c1cc(F)cc(Cl)c1. The number of hydrogen-bond donors (Lipinski definition) is 1. The Bertz CT molecular complexity index is 650. The summed E-state index contributed by atoms with van der Waals surface area (Å²) in [5.74, 6) is -0.527. The van der Waals surface area contributed by atoms with E-state index < -0.39 is 11.8 Å². The fourth-order valence-electron chi connectivity index (χ4n) is 1.92. The molecule has 0 fully saturated rings. The third kappa shape index (κ3) is 2.46. The van der Waals surface area contributed by atoms with Crippen LogP contribution in [0.2, 0.25) is 5.02 Å². The maximum atomic E-state index is 13.5. The maximum Gasteiger partial charge on any atom is 0.360 e. The molecule has 2 N–H and O–H groups in total. The average Bonchev–Trinajstić information content (AvgIpc) is 2.73. The Labute approximate surface area is 120 Å². The number of carbonyl (C=O) groups is 1. The normalized spacial score (nSPS) is 10.6. The lowest BCUT2D eigenvalue weighted by Gasteiger charge is -2.09. The highest BCUT2D eigenvalue weighted by Gasteiger charge is 2.21. The number of imidazole rings is 1. The van der Waals surface area contributed by atoms with Gasteiger partial charge in [-0.1, -0.05) is 18.5 Å². The number of anilines is 1. The van der Waals surface area contributed by atoms with Crippen LogP contribution < -0.4 is 5.73 Å². The van der Waals surface area contributed by atoms with Gasteiger partial charge in [0.1, 0.15) is 17.5 Å². The molecule has 0 bridgehead atoms. The molecule has 2 aromatic rings. The van der Waals surface area contributed by atoms with Crippen LogP contribution in [0, 0.1) is 5.82 Å². The zero-order chi connectivity index (χ0) is 14.9. The number of benzene rings is 1. The first-order valence-electron chi connectivity index (χ1n) is 5.89. The molecule has 0 saturated heterocycles.